The van der Waals surface area contributed by atoms with Crippen LogP contribution in [0.2, 0.25) is 0 Å². The summed E-state index contributed by atoms with van der Waals surface area (Å²) >= 11 is 0. The summed E-state index contributed by atoms with van der Waals surface area (Å²) in [6.45, 7) is 6.41. The van der Waals surface area contributed by atoms with Crippen molar-refractivity contribution in [2.75, 3.05) is 32.1 Å². The number of hydrogen-bond donors (Lipinski definition) is 2. The van der Waals surface area contributed by atoms with Crippen molar-refractivity contribution in [3.8, 4) is 0 Å². The van der Waals surface area contributed by atoms with Crippen LogP contribution in [0.4, 0.5) is 5.69 Å². The topological polar surface area (TPSA) is 44.7 Å². The molecule has 2 rings (SSSR count). The highest BCUT2D eigenvalue weighted by atomic mass is 35.5. The van der Waals surface area contributed by atoms with E-state index >= 15 is 0 Å². The number of aliphatic hydroxyl groups is 1. The van der Waals surface area contributed by atoms with Crippen LogP contribution in [-0.2, 0) is 11.3 Å². The first-order chi connectivity index (χ1) is 10.3. The molecule has 2 N–H and O–H groups in total. The Morgan fingerprint density at radius 3 is 2.33 bits per heavy atom. The van der Waals surface area contributed by atoms with Crippen LogP contribution in [0.15, 0.2) is 24.3 Å². The molecule has 0 spiro atoms. The lowest BCUT2D eigenvalue weighted by molar-refractivity contribution is -0.146. The van der Waals surface area contributed by atoms with Gasteiger partial charge in [-0.3, -0.25) is 0 Å². The van der Waals surface area contributed by atoms with E-state index in [2.05, 4.69) is 48.3 Å². The van der Waals surface area contributed by atoms with Crippen LogP contribution in [-0.4, -0.2) is 43.6 Å². The molecule has 0 radical (unpaired) electrons. The molecule has 24 heavy (non-hydrogen) atoms. The van der Waals surface area contributed by atoms with Crippen molar-refractivity contribution >= 4 is 30.5 Å². The molecule has 1 aromatic carbocycles. The zero-order valence-electron chi connectivity index (χ0n) is 15.2. The Hall–Kier alpha value is -0.520. The number of nitrogens with zero attached hydrogens (tertiary/aromatic N) is 1. The summed E-state index contributed by atoms with van der Waals surface area (Å²) in [4.78, 5) is 2.10. The zero-order valence-corrected chi connectivity index (χ0v) is 16.8. The molecule has 1 heterocycles. The summed E-state index contributed by atoms with van der Waals surface area (Å²) < 4.78 is 5.68. The molecule has 6 heteroatoms. The lowest BCUT2D eigenvalue weighted by Gasteiger charge is -2.41. The second-order valence-electron chi connectivity index (χ2n) is 7.25. The number of hydrogen-bond acceptors (Lipinski definition) is 4. The zero-order chi connectivity index (χ0) is 16.2. The maximum atomic E-state index is 10.7. The number of halogens is 2. The summed E-state index contributed by atoms with van der Waals surface area (Å²) in [6.07, 6.45) is 2.21. The summed E-state index contributed by atoms with van der Waals surface area (Å²) in [5, 5.41) is 14.1. The largest absolute Gasteiger partial charge is 0.390 e. The lowest BCUT2D eigenvalue weighted by atomic mass is 9.82. The van der Waals surface area contributed by atoms with E-state index in [-0.39, 0.29) is 30.4 Å². The number of benzene rings is 1. The summed E-state index contributed by atoms with van der Waals surface area (Å²) in [5.41, 5.74) is 1.67. The molecule has 0 saturated carbocycles. The Bertz CT molecular complexity index is 480. The first kappa shape index (κ1) is 23.5. The van der Waals surface area contributed by atoms with Crippen LogP contribution >= 0.6 is 24.8 Å². The maximum absolute atomic E-state index is 10.7. The van der Waals surface area contributed by atoms with Gasteiger partial charge in [-0.1, -0.05) is 12.1 Å². The molecule has 0 aromatic heterocycles. The van der Waals surface area contributed by atoms with Crippen molar-refractivity contribution in [1.82, 2.24) is 5.32 Å². The Kier molecular flexibility index (Phi) is 9.62. The molecule has 1 aliphatic rings. The van der Waals surface area contributed by atoms with Crippen LogP contribution in [0.5, 0.6) is 0 Å². The van der Waals surface area contributed by atoms with Crippen LogP contribution in [0, 0.1) is 0 Å². The van der Waals surface area contributed by atoms with Crippen molar-refractivity contribution in [3.63, 3.8) is 0 Å². The van der Waals surface area contributed by atoms with Gasteiger partial charge < -0.3 is 20.1 Å². The monoisotopic (exact) mass is 378 g/mol. The van der Waals surface area contributed by atoms with Gasteiger partial charge in [0.25, 0.3) is 0 Å². The van der Waals surface area contributed by atoms with E-state index in [4.69, 9.17) is 4.74 Å². The lowest BCUT2D eigenvalue weighted by Crippen LogP contribution is -2.47. The molecular formula is C18H32Cl2N2O2. The molecule has 1 saturated heterocycles. The number of ether oxygens (including phenoxy) is 1. The van der Waals surface area contributed by atoms with E-state index < -0.39 is 5.60 Å². The molecule has 0 amide bonds. The standard InChI is InChI=1S/C18H30N2O2.2ClH/c1-17(2)14-18(21,10-12-22-17)9-11-19-13-15-5-7-16(8-6-15)20(3)4;;/h5-8,19,21H,9-14H2,1-4H3;2*1H. The van der Waals surface area contributed by atoms with Crippen LogP contribution < -0.4 is 10.2 Å². The predicted molar refractivity (Wildman–Crippen MR) is 106 cm³/mol. The van der Waals surface area contributed by atoms with Gasteiger partial charge in [-0.25, -0.2) is 0 Å². The van der Waals surface area contributed by atoms with E-state index in [1.165, 1.54) is 11.3 Å². The predicted octanol–water partition coefficient (Wildman–Crippen LogP) is 3.40. The molecule has 1 atom stereocenters. The second-order valence-corrected chi connectivity index (χ2v) is 7.25. The summed E-state index contributed by atoms with van der Waals surface area (Å²) in [5.74, 6) is 0. The van der Waals surface area contributed by atoms with Gasteiger partial charge in [0.05, 0.1) is 17.8 Å². The maximum Gasteiger partial charge on any atom is 0.0709 e. The first-order valence-corrected chi connectivity index (χ1v) is 8.13. The van der Waals surface area contributed by atoms with E-state index in [1.54, 1.807) is 0 Å². The molecule has 0 aliphatic carbocycles. The Labute approximate surface area is 158 Å². The highest BCUT2D eigenvalue weighted by Crippen LogP contribution is 2.33. The van der Waals surface area contributed by atoms with E-state index in [0.29, 0.717) is 13.0 Å². The Morgan fingerprint density at radius 2 is 1.79 bits per heavy atom. The van der Waals surface area contributed by atoms with Crippen LogP contribution in [0.25, 0.3) is 0 Å². The Morgan fingerprint density at radius 1 is 1.17 bits per heavy atom. The van der Waals surface area contributed by atoms with Gasteiger partial charge in [0, 0.05) is 32.7 Å². The molecule has 4 nitrogen and oxygen atoms in total. The van der Waals surface area contributed by atoms with Crippen molar-refractivity contribution in [2.24, 2.45) is 0 Å². The average molecular weight is 379 g/mol. The molecule has 1 aliphatic heterocycles. The summed E-state index contributed by atoms with van der Waals surface area (Å²) in [7, 11) is 4.09. The number of rotatable bonds is 6. The minimum absolute atomic E-state index is 0. The third kappa shape index (κ3) is 7.16. The van der Waals surface area contributed by atoms with Gasteiger partial charge in [0.2, 0.25) is 0 Å². The fourth-order valence-corrected chi connectivity index (χ4v) is 3.13. The van der Waals surface area contributed by atoms with Crippen molar-refractivity contribution < 1.29 is 9.84 Å². The molecule has 1 aromatic rings. The number of nitrogens with one attached hydrogen (secondary N) is 1. The van der Waals surface area contributed by atoms with Gasteiger partial charge in [-0.05, 0) is 50.9 Å². The minimum Gasteiger partial charge on any atom is -0.390 e. The SMILES string of the molecule is CN(C)c1ccc(CNCCC2(O)CCOC(C)(C)C2)cc1.Cl.Cl. The number of anilines is 1. The highest BCUT2D eigenvalue weighted by Gasteiger charge is 2.38. The van der Waals surface area contributed by atoms with Gasteiger partial charge >= 0.3 is 0 Å². The van der Waals surface area contributed by atoms with Gasteiger partial charge in [-0.15, -0.1) is 24.8 Å². The van der Waals surface area contributed by atoms with Crippen molar-refractivity contribution in [1.29, 1.82) is 0 Å². The third-order valence-electron chi connectivity index (χ3n) is 4.36. The molecule has 140 valence electrons. The van der Waals surface area contributed by atoms with Crippen molar-refractivity contribution in [2.45, 2.75) is 50.9 Å². The molecule has 1 unspecified atom stereocenters. The summed E-state index contributed by atoms with van der Waals surface area (Å²) in [6, 6.07) is 8.56. The van der Waals surface area contributed by atoms with Crippen LogP contribution in [0.1, 0.15) is 38.7 Å². The van der Waals surface area contributed by atoms with Gasteiger partial charge in [-0.2, -0.15) is 0 Å². The first-order valence-electron chi connectivity index (χ1n) is 8.13. The normalized spacial score (nSPS) is 22.2. The van der Waals surface area contributed by atoms with Gasteiger partial charge in [0.15, 0.2) is 0 Å². The minimum atomic E-state index is -0.594. The average Bonchev–Trinajstić information content (AvgIpc) is 2.43. The molecular weight excluding hydrogens is 347 g/mol. The molecule has 0 bridgehead atoms. The van der Waals surface area contributed by atoms with Gasteiger partial charge in [0.1, 0.15) is 0 Å². The van der Waals surface area contributed by atoms with Crippen LogP contribution in [0.3, 0.4) is 0 Å². The quantitative estimate of drug-likeness (QED) is 0.744. The van der Waals surface area contributed by atoms with Crippen molar-refractivity contribution in [3.05, 3.63) is 29.8 Å². The smallest absolute Gasteiger partial charge is 0.0709 e. The molecule has 1 fully saturated rings. The van der Waals surface area contributed by atoms with E-state index in [1.807, 2.05) is 14.1 Å². The third-order valence-corrected chi connectivity index (χ3v) is 4.36. The second kappa shape index (κ2) is 9.83. The highest BCUT2D eigenvalue weighted by molar-refractivity contribution is 5.85. The fraction of sp³-hybridized carbons (Fsp3) is 0.667. The van der Waals surface area contributed by atoms with E-state index in [0.717, 1.165) is 25.9 Å². The van der Waals surface area contributed by atoms with E-state index in [9.17, 15) is 5.11 Å². The fourth-order valence-electron chi connectivity index (χ4n) is 3.13. The Balaban J connectivity index is 0.00000264.